The molecular weight excluding hydrogens is 268 g/mol. The maximum Gasteiger partial charge on any atom is 0.252 e. The molecule has 1 aliphatic heterocycles. The summed E-state index contributed by atoms with van der Waals surface area (Å²) in [6.45, 7) is 3.33. The minimum Gasteiger partial charge on any atom is -0.495 e. The summed E-state index contributed by atoms with van der Waals surface area (Å²) < 4.78 is 5.06. The van der Waals surface area contributed by atoms with Gasteiger partial charge in [-0.15, -0.1) is 0 Å². The smallest absolute Gasteiger partial charge is 0.252 e. The summed E-state index contributed by atoms with van der Waals surface area (Å²) in [7, 11) is 1.52. The number of ether oxygens (including phenoxy) is 1. The number of hydrogen-bond acceptors (Lipinski definition) is 3. The highest BCUT2D eigenvalue weighted by atomic mass is 35.5. The molecule has 0 saturated carbocycles. The Morgan fingerprint density at radius 1 is 1.37 bits per heavy atom. The molecule has 1 fully saturated rings. The van der Waals surface area contributed by atoms with Gasteiger partial charge in [-0.05, 0) is 32.0 Å². The van der Waals surface area contributed by atoms with E-state index in [-0.39, 0.29) is 18.4 Å². The lowest BCUT2D eigenvalue weighted by Gasteiger charge is -2.37. The van der Waals surface area contributed by atoms with Gasteiger partial charge >= 0.3 is 0 Å². The van der Waals surface area contributed by atoms with Crippen molar-refractivity contribution in [3.63, 3.8) is 0 Å². The molecule has 0 atom stereocenters. The minimum atomic E-state index is -0.915. The van der Waals surface area contributed by atoms with Crippen molar-refractivity contribution < 1.29 is 14.3 Å². The Balaban J connectivity index is 2.37. The lowest BCUT2D eigenvalue weighted by atomic mass is 10.00. The van der Waals surface area contributed by atoms with Crippen LogP contribution in [0.2, 0.25) is 5.02 Å². The summed E-state index contributed by atoms with van der Waals surface area (Å²) in [5.41, 5.74) is -0.333. The molecule has 1 aliphatic rings. The van der Waals surface area contributed by atoms with E-state index in [1.54, 1.807) is 32.0 Å². The van der Waals surface area contributed by atoms with Gasteiger partial charge in [0.05, 0.1) is 12.1 Å². The van der Waals surface area contributed by atoms with E-state index in [2.05, 4.69) is 5.32 Å². The molecule has 5 nitrogen and oxygen atoms in total. The lowest BCUT2D eigenvalue weighted by molar-refractivity contribution is -0.134. The van der Waals surface area contributed by atoms with Gasteiger partial charge in [-0.25, -0.2) is 0 Å². The van der Waals surface area contributed by atoms with Gasteiger partial charge in [0.2, 0.25) is 5.91 Å². The van der Waals surface area contributed by atoms with E-state index in [0.29, 0.717) is 16.5 Å². The molecule has 102 valence electrons. The predicted molar refractivity (Wildman–Crippen MR) is 72.6 cm³/mol. The third-order valence-electron chi connectivity index (χ3n) is 2.98. The quantitative estimate of drug-likeness (QED) is 0.896. The number of carbonyl (C=O) groups excluding carboxylic acids is 2. The van der Waals surface area contributed by atoms with Crippen molar-refractivity contribution in [2.75, 3.05) is 18.6 Å². The Kier molecular flexibility index (Phi) is 3.41. The Morgan fingerprint density at radius 3 is 2.63 bits per heavy atom. The molecule has 6 heteroatoms. The summed E-state index contributed by atoms with van der Waals surface area (Å²) in [4.78, 5) is 25.4. The molecule has 1 heterocycles. The van der Waals surface area contributed by atoms with Gasteiger partial charge in [-0.2, -0.15) is 0 Å². The maximum atomic E-state index is 12.3. The van der Waals surface area contributed by atoms with Gasteiger partial charge in [-0.3, -0.25) is 9.59 Å². The zero-order chi connectivity index (χ0) is 14.2. The first-order chi connectivity index (χ1) is 8.85. The average Bonchev–Trinajstić information content (AvgIpc) is 2.33. The number of benzene rings is 1. The first-order valence-electron chi connectivity index (χ1n) is 5.81. The monoisotopic (exact) mass is 282 g/mol. The van der Waals surface area contributed by atoms with Crippen LogP contribution in [0.4, 0.5) is 5.69 Å². The first-order valence-corrected chi connectivity index (χ1v) is 6.19. The number of piperazine rings is 1. The number of amides is 2. The zero-order valence-electron chi connectivity index (χ0n) is 11.0. The maximum absolute atomic E-state index is 12.3. The van der Waals surface area contributed by atoms with E-state index in [1.165, 1.54) is 12.0 Å². The summed E-state index contributed by atoms with van der Waals surface area (Å²) in [6.07, 6.45) is 0. The van der Waals surface area contributed by atoms with E-state index in [1.807, 2.05) is 0 Å². The fourth-order valence-corrected chi connectivity index (χ4v) is 2.28. The van der Waals surface area contributed by atoms with Crippen LogP contribution in [-0.2, 0) is 9.59 Å². The van der Waals surface area contributed by atoms with Gasteiger partial charge in [0.1, 0.15) is 17.8 Å². The number of methoxy groups -OCH3 is 1. The van der Waals surface area contributed by atoms with Crippen LogP contribution in [0.15, 0.2) is 18.2 Å². The zero-order valence-corrected chi connectivity index (χ0v) is 11.7. The second-order valence-electron chi connectivity index (χ2n) is 4.88. The topological polar surface area (TPSA) is 58.6 Å². The first kappa shape index (κ1) is 13.7. The molecule has 0 radical (unpaired) electrons. The van der Waals surface area contributed by atoms with Crippen LogP contribution in [0, 0.1) is 0 Å². The van der Waals surface area contributed by atoms with Gasteiger partial charge in [0.15, 0.2) is 0 Å². The van der Waals surface area contributed by atoms with Crippen molar-refractivity contribution in [2.45, 2.75) is 19.4 Å². The standard InChI is InChI=1S/C13H15ClN2O3/c1-13(2)12(18)16(7-11(17)15-13)8-4-5-10(19-3)9(14)6-8/h4-6H,7H2,1-3H3,(H,15,17). The normalized spacial score (nSPS) is 18.2. The molecule has 1 N–H and O–H groups in total. The summed E-state index contributed by atoms with van der Waals surface area (Å²) in [5, 5.41) is 3.05. The van der Waals surface area contributed by atoms with Gasteiger partial charge in [0, 0.05) is 5.69 Å². The highest BCUT2D eigenvalue weighted by Crippen LogP contribution is 2.30. The fourth-order valence-electron chi connectivity index (χ4n) is 2.03. The number of rotatable bonds is 2. The highest BCUT2D eigenvalue weighted by molar-refractivity contribution is 6.32. The molecule has 1 saturated heterocycles. The number of anilines is 1. The van der Waals surface area contributed by atoms with Crippen molar-refractivity contribution in [1.82, 2.24) is 5.32 Å². The third-order valence-corrected chi connectivity index (χ3v) is 3.28. The molecule has 1 aromatic carbocycles. The predicted octanol–water partition coefficient (Wildman–Crippen LogP) is 1.59. The third kappa shape index (κ3) is 2.51. The average molecular weight is 283 g/mol. The van der Waals surface area contributed by atoms with E-state index in [9.17, 15) is 9.59 Å². The van der Waals surface area contributed by atoms with Crippen LogP contribution in [0.3, 0.4) is 0 Å². The van der Waals surface area contributed by atoms with Crippen LogP contribution in [-0.4, -0.2) is 31.0 Å². The molecule has 0 unspecified atom stereocenters. The highest BCUT2D eigenvalue weighted by Gasteiger charge is 2.39. The van der Waals surface area contributed by atoms with Crippen molar-refractivity contribution >= 4 is 29.1 Å². The number of hydrogen-bond donors (Lipinski definition) is 1. The molecule has 0 aliphatic carbocycles. The van der Waals surface area contributed by atoms with Crippen LogP contribution in [0.1, 0.15) is 13.8 Å². The number of halogens is 1. The number of nitrogens with one attached hydrogen (secondary N) is 1. The SMILES string of the molecule is COc1ccc(N2CC(=O)NC(C)(C)C2=O)cc1Cl. The van der Waals surface area contributed by atoms with Crippen LogP contribution < -0.4 is 15.0 Å². The summed E-state index contributed by atoms with van der Waals surface area (Å²) >= 11 is 6.04. The summed E-state index contributed by atoms with van der Waals surface area (Å²) in [6, 6.07) is 4.99. The van der Waals surface area contributed by atoms with Crippen molar-refractivity contribution in [1.29, 1.82) is 0 Å². The number of nitrogens with zero attached hydrogens (tertiary/aromatic N) is 1. The van der Waals surface area contributed by atoms with E-state index >= 15 is 0 Å². The van der Waals surface area contributed by atoms with Crippen LogP contribution in [0.5, 0.6) is 5.75 Å². The molecule has 1 aromatic rings. The summed E-state index contributed by atoms with van der Waals surface area (Å²) in [5.74, 6) is 0.156. The molecule has 0 spiro atoms. The molecule has 2 rings (SSSR count). The van der Waals surface area contributed by atoms with Crippen LogP contribution >= 0.6 is 11.6 Å². The van der Waals surface area contributed by atoms with Crippen molar-refractivity contribution in [3.05, 3.63) is 23.2 Å². The van der Waals surface area contributed by atoms with Crippen molar-refractivity contribution in [3.8, 4) is 5.75 Å². The molecule has 2 amide bonds. The second-order valence-corrected chi connectivity index (χ2v) is 5.29. The van der Waals surface area contributed by atoms with Crippen molar-refractivity contribution in [2.24, 2.45) is 0 Å². The van der Waals surface area contributed by atoms with E-state index < -0.39 is 5.54 Å². The Morgan fingerprint density at radius 2 is 2.05 bits per heavy atom. The Labute approximate surface area is 116 Å². The Bertz CT molecular complexity index is 543. The van der Waals surface area contributed by atoms with Crippen LogP contribution in [0.25, 0.3) is 0 Å². The number of carbonyl (C=O) groups is 2. The second kappa shape index (κ2) is 4.74. The molecule has 19 heavy (non-hydrogen) atoms. The van der Waals surface area contributed by atoms with E-state index in [0.717, 1.165) is 0 Å². The molecule has 0 bridgehead atoms. The molecular formula is C13H15ClN2O3. The van der Waals surface area contributed by atoms with Gasteiger partial charge in [0.25, 0.3) is 5.91 Å². The molecule has 0 aromatic heterocycles. The fraction of sp³-hybridized carbons (Fsp3) is 0.385. The largest absolute Gasteiger partial charge is 0.495 e. The van der Waals surface area contributed by atoms with Gasteiger partial charge in [-0.1, -0.05) is 11.6 Å². The van der Waals surface area contributed by atoms with Gasteiger partial charge < -0.3 is 15.0 Å². The van der Waals surface area contributed by atoms with E-state index in [4.69, 9.17) is 16.3 Å². The Hall–Kier alpha value is -1.75. The lowest BCUT2D eigenvalue weighted by Crippen LogP contribution is -2.64. The minimum absolute atomic E-state index is 0.00901.